The molecular weight excluding hydrogens is 474 g/mol. The summed E-state index contributed by atoms with van der Waals surface area (Å²) in [6, 6.07) is 10.2. The zero-order chi connectivity index (χ0) is 25.8. The summed E-state index contributed by atoms with van der Waals surface area (Å²) >= 11 is 0. The summed E-state index contributed by atoms with van der Waals surface area (Å²) in [4.78, 5) is 37.7. The monoisotopic (exact) mass is 495 g/mol. The highest BCUT2D eigenvalue weighted by Crippen LogP contribution is 2.18. The van der Waals surface area contributed by atoms with Gasteiger partial charge in [-0.15, -0.1) is 0 Å². The van der Waals surface area contributed by atoms with Crippen molar-refractivity contribution >= 4 is 28.7 Å². The predicted molar refractivity (Wildman–Crippen MR) is 116 cm³/mol. The lowest BCUT2D eigenvalue weighted by Gasteiger charge is -2.36. The van der Waals surface area contributed by atoms with Crippen molar-refractivity contribution in [3.05, 3.63) is 65.6 Å². The van der Waals surface area contributed by atoms with E-state index < -0.39 is 18.2 Å². The second kappa shape index (κ2) is 10.5. The molecule has 186 valence electrons. The van der Waals surface area contributed by atoms with Crippen LogP contribution in [0.1, 0.15) is 22.0 Å². The number of nitrogens with one attached hydrogen (secondary N) is 1. The van der Waals surface area contributed by atoms with Gasteiger partial charge in [-0.25, -0.2) is 9.18 Å². The number of nitrogens with zero attached hydrogens (tertiary/aromatic N) is 3. The van der Waals surface area contributed by atoms with Gasteiger partial charge in [0, 0.05) is 37.1 Å². The zero-order valence-electron chi connectivity index (χ0n) is 18.1. The highest BCUT2D eigenvalue weighted by molar-refractivity contribution is 5.98. The van der Waals surface area contributed by atoms with Gasteiger partial charge in [0.05, 0.1) is 11.7 Å². The number of rotatable bonds is 3. The summed E-state index contributed by atoms with van der Waals surface area (Å²) in [5.74, 6) is -3.42. The maximum Gasteiger partial charge on any atom is 0.490 e. The number of carboxylic acid groups (broad SMARTS) is 1. The number of alkyl halides is 3. The van der Waals surface area contributed by atoms with Crippen LogP contribution in [0.15, 0.2) is 48.7 Å². The van der Waals surface area contributed by atoms with Crippen LogP contribution in [0.3, 0.4) is 0 Å². The topological polar surface area (TPSA) is 133 Å². The Labute approximate surface area is 196 Å². The van der Waals surface area contributed by atoms with Gasteiger partial charge in [0.2, 0.25) is 5.91 Å². The molecule has 0 aliphatic carbocycles. The number of piperazine rings is 1. The van der Waals surface area contributed by atoms with Crippen LogP contribution in [-0.2, 0) is 9.59 Å². The fraction of sp³-hybridized carbons (Fsp3) is 0.273. The molecule has 1 atom stereocenters. The van der Waals surface area contributed by atoms with Gasteiger partial charge in [-0.3, -0.25) is 14.7 Å². The molecule has 0 saturated carbocycles. The molecule has 0 bridgehead atoms. The van der Waals surface area contributed by atoms with Crippen molar-refractivity contribution in [1.82, 2.24) is 20.0 Å². The van der Waals surface area contributed by atoms with Crippen molar-refractivity contribution in [2.75, 3.05) is 26.2 Å². The molecule has 4 rings (SSSR count). The van der Waals surface area contributed by atoms with Crippen molar-refractivity contribution in [2.24, 2.45) is 5.73 Å². The number of aromatic amines is 1. The number of hydrogen-bond acceptors (Lipinski definition) is 5. The molecular formula is C22H21F4N5O4. The number of nitrogens with two attached hydrogens (primary N) is 1. The van der Waals surface area contributed by atoms with Crippen LogP contribution >= 0.6 is 0 Å². The second-order valence-corrected chi connectivity index (χ2v) is 7.62. The standard InChI is InChI=1S/C20H20FN5O2.C2HF3O2/c21-16-4-1-13(2-5-16)18(22)20(28)26-9-7-25(8-10-26)19(27)14-3-6-17-15(11-14)12-23-24-17;3-2(4,5)1(6)7/h1-6,11-12,18H,7-10,22H2,(H,23,24);(H,6,7). The smallest absolute Gasteiger partial charge is 0.475 e. The minimum atomic E-state index is -5.08. The Morgan fingerprint density at radius 3 is 2.14 bits per heavy atom. The molecule has 9 nitrogen and oxygen atoms in total. The molecule has 1 fully saturated rings. The van der Waals surface area contributed by atoms with E-state index >= 15 is 0 Å². The molecule has 2 heterocycles. The van der Waals surface area contributed by atoms with E-state index in [4.69, 9.17) is 15.6 Å². The Balaban J connectivity index is 0.000000429. The molecule has 0 radical (unpaired) electrons. The van der Waals surface area contributed by atoms with E-state index in [2.05, 4.69) is 10.2 Å². The number of benzene rings is 2. The number of fused-ring (bicyclic) bond motifs is 1. The predicted octanol–water partition coefficient (Wildman–Crippen LogP) is 2.32. The highest BCUT2D eigenvalue weighted by atomic mass is 19.4. The lowest BCUT2D eigenvalue weighted by atomic mass is 10.1. The van der Waals surface area contributed by atoms with E-state index in [1.54, 1.807) is 22.1 Å². The van der Waals surface area contributed by atoms with Crippen molar-refractivity contribution in [3.63, 3.8) is 0 Å². The average molecular weight is 495 g/mol. The normalized spacial score (nSPS) is 14.8. The van der Waals surface area contributed by atoms with Crippen LogP contribution in [0.4, 0.5) is 17.6 Å². The largest absolute Gasteiger partial charge is 0.490 e. The van der Waals surface area contributed by atoms with Gasteiger partial charge in [0.25, 0.3) is 5.91 Å². The number of hydrogen-bond donors (Lipinski definition) is 3. The molecule has 1 aliphatic heterocycles. The number of H-pyrrole nitrogens is 1. The highest BCUT2D eigenvalue weighted by Gasteiger charge is 2.38. The molecule has 1 aliphatic rings. The number of aliphatic carboxylic acids is 1. The van der Waals surface area contributed by atoms with Crippen LogP contribution in [0.5, 0.6) is 0 Å². The number of amides is 2. The first kappa shape index (κ1) is 25.6. The number of carbonyl (C=O) groups excluding carboxylic acids is 2. The van der Waals surface area contributed by atoms with Gasteiger partial charge < -0.3 is 20.6 Å². The molecule has 35 heavy (non-hydrogen) atoms. The maximum absolute atomic E-state index is 13.1. The maximum atomic E-state index is 13.1. The Bertz CT molecular complexity index is 1200. The van der Waals surface area contributed by atoms with Crippen LogP contribution in [-0.4, -0.2) is 75.2 Å². The van der Waals surface area contributed by atoms with Gasteiger partial charge in [-0.1, -0.05) is 12.1 Å². The number of carboxylic acids is 1. The first-order chi connectivity index (χ1) is 16.5. The molecule has 2 amide bonds. The van der Waals surface area contributed by atoms with Gasteiger partial charge in [-0.2, -0.15) is 18.3 Å². The Hall–Kier alpha value is -4.00. The van der Waals surface area contributed by atoms with E-state index in [-0.39, 0.29) is 17.6 Å². The summed E-state index contributed by atoms with van der Waals surface area (Å²) < 4.78 is 44.8. The first-order valence-corrected chi connectivity index (χ1v) is 10.3. The molecule has 1 unspecified atom stereocenters. The van der Waals surface area contributed by atoms with E-state index in [0.29, 0.717) is 37.3 Å². The van der Waals surface area contributed by atoms with E-state index in [1.165, 1.54) is 24.3 Å². The summed E-state index contributed by atoms with van der Waals surface area (Å²) in [7, 11) is 0. The van der Waals surface area contributed by atoms with Gasteiger partial charge >= 0.3 is 12.1 Å². The summed E-state index contributed by atoms with van der Waals surface area (Å²) in [5.41, 5.74) is 8.08. The quantitative estimate of drug-likeness (QED) is 0.478. The van der Waals surface area contributed by atoms with Gasteiger partial charge in [-0.05, 0) is 35.9 Å². The average Bonchev–Trinajstić information content (AvgIpc) is 3.31. The zero-order valence-corrected chi connectivity index (χ0v) is 18.1. The Morgan fingerprint density at radius 2 is 1.57 bits per heavy atom. The third-order valence-electron chi connectivity index (χ3n) is 5.30. The van der Waals surface area contributed by atoms with Crippen molar-refractivity contribution < 1.29 is 37.1 Å². The fourth-order valence-electron chi connectivity index (χ4n) is 3.40. The van der Waals surface area contributed by atoms with Gasteiger partial charge in [0.1, 0.15) is 11.9 Å². The Kier molecular flexibility index (Phi) is 7.69. The third kappa shape index (κ3) is 6.32. The molecule has 1 saturated heterocycles. The first-order valence-electron chi connectivity index (χ1n) is 10.3. The second-order valence-electron chi connectivity index (χ2n) is 7.62. The number of aromatic nitrogens is 2. The Morgan fingerprint density at radius 1 is 1.00 bits per heavy atom. The molecule has 2 aromatic carbocycles. The van der Waals surface area contributed by atoms with Crippen molar-refractivity contribution in [2.45, 2.75) is 12.2 Å². The SMILES string of the molecule is NC(C(=O)N1CCN(C(=O)c2ccc3[nH]ncc3c2)CC1)c1ccc(F)cc1.O=C(O)C(F)(F)F. The van der Waals surface area contributed by atoms with Crippen molar-refractivity contribution in [3.8, 4) is 0 Å². The third-order valence-corrected chi connectivity index (χ3v) is 5.30. The summed E-state index contributed by atoms with van der Waals surface area (Å²) in [5, 5.41) is 14.8. The van der Waals surface area contributed by atoms with E-state index in [0.717, 1.165) is 10.9 Å². The number of carbonyl (C=O) groups is 3. The van der Waals surface area contributed by atoms with E-state index in [9.17, 15) is 27.2 Å². The molecule has 1 aromatic heterocycles. The van der Waals surface area contributed by atoms with E-state index in [1.807, 2.05) is 12.1 Å². The molecule has 3 aromatic rings. The number of halogens is 4. The molecule has 4 N–H and O–H groups in total. The van der Waals surface area contributed by atoms with Crippen LogP contribution in [0.2, 0.25) is 0 Å². The molecule has 0 spiro atoms. The lowest BCUT2D eigenvalue weighted by molar-refractivity contribution is -0.192. The minimum Gasteiger partial charge on any atom is -0.475 e. The lowest BCUT2D eigenvalue weighted by Crippen LogP contribution is -2.52. The van der Waals surface area contributed by atoms with Crippen LogP contribution in [0, 0.1) is 5.82 Å². The van der Waals surface area contributed by atoms with Crippen LogP contribution in [0.25, 0.3) is 10.9 Å². The molecule has 13 heteroatoms. The fourth-order valence-corrected chi connectivity index (χ4v) is 3.40. The van der Waals surface area contributed by atoms with Crippen LogP contribution < -0.4 is 5.73 Å². The summed E-state index contributed by atoms with van der Waals surface area (Å²) in [6.07, 6.45) is -3.40. The summed E-state index contributed by atoms with van der Waals surface area (Å²) in [6.45, 7) is 1.69. The minimum absolute atomic E-state index is 0.0713. The van der Waals surface area contributed by atoms with Gasteiger partial charge in [0.15, 0.2) is 0 Å². The van der Waals surface area contributed by atoms with Crippen molar-refractivity contribution in [1.29, 1.82) is 0 Å².